The summed E-state index contributed by atoms with van der Waals surface area (Å²) in [5.41, 5.74) is -0.525. The van der Waals surface area contributed by atoms with Crippen molar-refractivity contribution < 1.29 is 13.2 Å². The molecule has 0 spiro atoms. The van der Waals surface area contributed by atoms with Crippen LogP contribution in [0.1, 0.15) is 19.8 Å². The van der Waals surface area contributed by atoms with Gasteiger partial charge in [0.15, 0.2) is 0 Å². The van der Waals surface area contributed by atoms with Crippen molar-refractivity contribution in [2.24, 2.45) is 0 Å². The molecule has 0 radical (unpaired) electrons. The third-order valence-electron chi connectivity index (χ3n) is 2.18. The van der Waals surface area contributed by atoms with E-state index in [4.69, 9.17) is 4.74 Å². The lowest BCUT2D eigenvalue weighted by atomic mass is 10.4. The number of hydrogen-bond donors (Lipinski definition) is 2. The van der Waals surface area contributed by atoms with Crippen LogP contribution in [-0.4, -0.2) is 33.2 Å². The van der Waals surface area contributed by atoms with E-state index >= 15 is 0 Å². The topological polar surface area (TPSA) is 88.3 Å². The molecule has 0 amide bonds. The van der Waals surface area contributed by atoms with Gasteiger partial charge >= 0.3 is 0 Å². The summed E-state index contributed by atoms with van der Waals surface area (Å²) in [5, 5.41) is 0. The fourth-order valence-corrected chi connectivity index (χ4v) is 2.44. The number of pyridine rings is 1. The molecule has 1 heterocycles. The molecule has 1 aromatic heterocycles. The number of hydrogen-bond acceptors (Lipinski definition) is 4. The Morgan fingerprint density at radius 1 is 1.39 bits per heavy atom. The highest BCUT2D eigenvalue weighted by atomic mass is 32.2. The van der Waals surface area contributed by atoms with Crippen molar-refractivity contribution >= 4 is 10.0 Å². The molecule has 2 N–H and O–H groups in total. The standard InChI is InChI=1S/C11H18N2O4S/c1-2-7-17-8-3-5-13-18(15,16)11-9-12-6-4-10(11)14/h4,6,9,13H,2-3,5,7-8H2,1H3,(H,12,14). The molecule has 1 aromatic rings. The third-order valence-corrected chi connectivity index (χ3v) is 3.67. The number of ether oxygens (including phenoxy) is 1. The zero-order valence-corrected chi connectivity index (χ0v) is 11.1. The number of H-pyrrole nitrogens is 1. The summed E-state index contributed by atoms with van der Waals surface area (Å²) in [7, 11) is -3.73. The number of nitrogens with one attached hydrogen (secondary N) is 2. The molecule has 0 fully saturated rings. The lowest BCUT2D eigenvalue weighted by Gasteiger charge is -2.06. The quantitative estimate of drug-likeness (QED) is 0.674. The van der Waals surface area contributed by atoms with Crippen molar-refractivity contribution in [1.29, 1.82) is 0 Å². The van der Waals surface area contributed by atoms with Crippen molar-refractivity contribution in [3.8, 4) is 0 Å². The van der Waals surface area contributed by atoms with Gasteiger partial charge in [-0.15, -0.1) is 0 Å². The van der Waals surface area contributed by atoms with Crippen LogP contribution in [-0.2, 0) is 14.8 Å². The zero-order chi connectivity index (χ0) is 13.4. The van der Waals surface area contributed by atoms with Gasteiger partial charge in [-0.3, -0.25) is 4.79 Å². The molecule has 0 aliphatic heterocycles. The molecule has 0 aromatic carbocycles. The predicted molar refractivity (Wildman–Crippen MR) is 68.0 cm³/mol. The van der Waals surface area contributed by atoms with Crippen molar-refractivity contribution in [2.75, 3.05) is 19.8 Å². The second kappa shape index (κ2) is 7.30. The fraction of sp³-hybridized carbons (Fsp3) is 0.545. The molecule has 1 rings (SSSR count). The van der Waals surface area contributed by atoms with Crippen LogP contribution in [0, 0.1) is 0 Å². The molecule has 0 bridgehead atoms. The Bertz CT molecular complexity index is 510. The van der Waals surface area contributed by atoms with Crippen LogP contribution in [0.25, 0.3) is 0 Å². The van der Waals surface area contributed by atoms with Gasteiger partial charge in [0, 0.05) is 38.2 Å². The van der Waals surface area contributed by atoms with E-state index in [0.29, 0.717) is 19.6 Å². The zero-order valence-electron chi connectivity index (χ0n) is 10.3. The normalized spacial score (nSPS) is 11.6. The van der Waals surface area contributed by atoms with E-state index in [2.05, 4.69) is 9.71 Å². The van der Waals surface area contributed by atoms with Crippen LogP contribution >= 0.6 is 0 Å². The monoisotopic (exact) mass is 274 g/mol. The van der Waals surface area contributed by atoms with E-state index in [0.717, 1.165) is 6.42 Å². The molecule has 0 aliphatic rings. The maximum absolute atomic E-state index is 11.8. The molecular formula is C11H18N2O4S. The Labute approximate surface area is 106 Å². The number of aromatic nitrogens is 1. The highest BCUT2D eigenvalue weighted by molar-refractivity contribution is 7.89. The lowest BCUT2D eigenvalue weighted by molar-refractivity contribution is 0.133. The van der Waals surface area contributed by atoms with Crippen LogP contribution in [0.3, 0.4) is 0 Å². The smallest absolute Gasteiger partial charge is 0.245 e. The van der Waals surface area contributed by atoms with Crippen molar-refractivity contribution in [3.63, 3.8) is 0 Å². The van der Waals surface area contributed by atoms with Gasteiger partial charge in [-0.05, 0) is 12.8 Å². The Morgan fingerprint density at radius 2 is 2.17 bits per heavy atom. The average Bonchev–Trinajstić information content (AvgIpc) is 2.34. The highest BCUT2D eigenvalue weighted by Crippen LogP contribution is 1.99. The van der Waals surface area contributed by atoms with E-state index < -0.39 is 15.5 Å². The van der Waals surface area contributed by atoms with E-state index in [-0.39, 0.29) is 11.4 Å². The van der Waals surface area contributed by atoms with Gasteiger partial charge in [-0.25, -0.2) is 13.1 Å². The Kier molecular flexibility index (Phi) is 6.03. The summed E-state index contributed by atoms with van der Waals surface area (Å²) in [4.78, 5) is 13.7. The summed E-state index contributed by atoms with van der Waals surface area (Å²) in [6.07, 6.45) is 4.08. The van der Waals surface area contributed by atoms with Crippen LogP contribution in [0.5, 0.6) is 0 Å². The Balaban J connectivity index is 2.46. The Morgan fingerprint density at radius 3 is 2.83 bits per heavy atom. The van der Waals surface area contributed by atoms with Crippen LogP contribution in [0.2, 0.25) is 0 Å². The molecule has 0 unspecified atom stereocenters. The van der Waals surface area contributed by atoms with Gasteiger partial charge in [0.1, 0.15) is 4.90 Å². The van der Waals surface area contributed by atoms with E-state index in [1.807, 2.05) is 6.92 Å². The van der Waals surface area contributed by atoms with Crippen molar-refractivity contribution in [3.05, 3.63) is 28.7 Å². The van der Waals surface area contributed by atoms with Crippen LogP contribution in [0.4, 0.5) is 0 Å². The van der Waals surface area contributed by atoms with Gasteiger partial charge in [0.25, 0.3) is 0 Å². The van der Waals surface area contributed by atoms with E-state index in [1.54, 1.807) is 0 Å². The molecule has 0 saturated heterocycles. The average molecular weight is 274 g/mol. The van der Waals surface area contributed by atoms with Crippen LogP contribution in [0.15, 0.2) is 28.2 Å². The summed E-state index contributed by atoms with van der Waals surface area (Å²) in [6.45, 7) is 3.43. The first-order valence-electron chi connectivity index (χ1n) is 5.82. The maximum atomic E-state index is 11.8. The third kappa shape index (κ3) is 4.59. The molecule has 0 atom stereocenters. The molecular weight excluding hydrogens is 256 g/mol. The summed E-state index contributed by atoms with van der Waals surface area (Å²) >= 11 is 0. The van der Waals surface area contributed by atoms with Gasteiger partial charge in [0.2, 0.25) is 15.5 Å². The second-order valence-electron chi connectivity index (χ2n) is 3.74. The predicted octanol–water partition coefficient (Wildman–Crippen LogP) is 0.470. The number of aromatic amines is 1. The Hall–Kier alpha value is -1.18. The molecule has 0 saturated carbocycles. The largest absolute Gasteiger partial charge is 0.381 e. The maximum Gasteiger partial charge on any atom is 0.245 e. The minimum atomic E-state index is -3.73. The first-order chi connectivity index (χ1) is 8.58. The molecule has 18 heavy (non-hydrogen) atoms. The highest BCUT2D eigenvalue weighted by Gasteiger charge is 2.16. The molecule has 7 heteroatoms. The second-order valence-corrected chi connectivity index (χ2v) is 5.47. The van der Waals surface area contributed by atoms with E-state index in [9.17, 15) is 13.2 Å². The van der Waals surface area contributed by atoms with Gasteiger partial charge in [0.05, 0.1) is 0 Å². The molecule has 0 aliphatic carbocycles. The van der Waals surface area contributed by atoms with Crippen molar-refractivity contribution in [2.45, 2.75) is 24.7 Å². The summed E-state index contributed by atoms with van der Waals surface area (Å²) in [6, 6.07) is 1.18. The summed E-state index contributed by atoms with van der Waals surface area (Å²) < 4.78 is 31.1. The number of rotatable bonds is 8. The first-order valence-corrected chi connectivity index (χ1v) is 7.30. The molecule has 102 valence electrons. The SMILES string of the molecule is CCCOCCCNS(=O)(=O)c1c[nH]ccc1=O. The van der Waals surface area contributed by atoms with E-state index in [1.165, 1.54) is 18.5 Å². The van der Waals surface area contributed by atoms with Crippen LogP contribution < -0.4 is 10.2 Å². The van der Waals surface area contributed by atoms with Gasteiger partial charge in [-0.2, -0.15) is 0 Å². The van der Waals surface area contributed by atoms with Crippen molar-refractivity contribution in [1.82, 2.24) is 9.71 Å². The minimum Gasteiger partial charge on any atom is -0.381 e. The first kappa shape index (κ1) is 14.9. The molecule has 6 nitrogen and oxygen atoms in total. The van der Waals surface area contributed by atoms with Gasteiger partial charge in [-0.1, -0.05) is 6.92 Å². The lowest BCUT2D eigenvalue weighted by Crippen LogP contribution is -2.29. The minimum absolute atomic E-state index is 0.250. The number of sulfonamides is 1. The fourth-order valence-electron chi connectivity index (χ4n) is 1.32. The van der Waals surface area contributed by atoms with Gasteiger partial charge < -0.3 is 9.72 Å². The summed E-state index contributed by atoms with van der Waals surface area (Å²) in [5.74, 6) is 0.